The van der Waals surface area contributed by atoms with Crippen LogP contribution in [0.2, 0.25) is 0 Å². The van der Waals surface area contributed by atoms with Crippen molar-refractivity contribution in [2.24, 2.45) is 0 Å². The lowest BCUT2D eigenvalue weighted by Crippen LogP contribution is -2.40. The van der Waals surface area contributed by atoms with E-state index in [0.717, 1.165) is 43.3 Å². The SMILES string of the molecule is Cc1ccc(NC(=O)N2CCC(c3ncc(C(C)(C)C)o3)CC2)cc1. The molecule has 134 valence electrons. The quantitative estimate of drug-likeness (QED) is 0.862. The third-order valence-corrected chi connectivity index (χ3v) is 4.70. The number of hydrogen-bond donors (Lipinski definition) is 1. The number of oxazole rings is 1. The second kappa shape index (κ2) is 6.90. The average molecular weight is 341 g/mol. The molecule has 25 heavy (non-hydrogen) atoms. The van der Waals surface area contributed by atoms with Crippen LogP contribution in [0, 0.1) is 6.92 Å². The summed E-state index contributed by atoms with van der Waals surface area (Å²) in [6.07, 6.45) is 3.60. The summed E-state index contributed by atoms with van der Waals surface area (Å²) in [5.74, 6) is 2.02. The highest BCUT2D eigenvalue weighted by Gasteiger charge is 2.28. The summed E-state index contributed by atoms with van der Waals surface area (Å²) in [7, 11) is 0. The van der Waals surface area contributed by atoms with Crippen molar-refractivity contribution in [2.75, 3.05) is 18.4 Å². The molecule has 1 aliphatic rings. The van der Waals surface area contributed by atoms with Gasteiger partial charge in [0.2, 0.25) is 0 Å². The van der Waals surface area contributed by atoms with E-state index in [1.165, 1.54) is 5.56 Å². The number of benzene rings is 1. The summed E-state index contributed by atoms with van der Waals surface area (Å²) in [5.41, 5.74) is 1.99. The number of likely N-dealkylation sites (tertiary alicyclic amines) is 1. The lowest BCUT2D eigenvalue weighted by Gasteiger charge is -2.30. The van der Waals surface area contributed by atoms with E-state index in [0.29, 0.717) is 5.92 Å². The number of rotatable bonds is 2. The highest BCUT2D eigenvalue weighted by atomic mass is 16.4. The molecule has 1 aliphatic heterocycles. The number of nitrogens with zero attached hydrogens (tertiary/aromatic N) is 2. The molecule has 1 aromatic carbocycles. The molecule has 1 fully saturated rings. The molecule has 0 bridgehead atoms. The van der Waals surface area contributed by atoms with Crippen molar-refractivity contribution in [3.63, 3.8) is 0 Å². The van der Waals surface area contributed by atoms with Crippen molar-refractivity contribution in [3.8, 4) is 0 Å². The van der Waals surface area contributed by atoms with Gasteiger partial charge in [0.25, 0.3) is 0 Å². The van der Waals surface area contributed by atoms with Gasteiger partial charge in [0.1, 0.15) is 5.76 Å². The number of nitrogens with one attached hydrogen (secondary N) is 1. The Labute approximate surface area is 149 Å². The van der Waals surface area contributed by atoms with Crippen LogP contribution in [-0.2, 0) is 5.41 Å². The molecule has 2 amide bonds. The van der Waals surface area contributed by atoms with Crippen LogP contribution in [0.25, 0.3) is 0 Å². The molecule has 3 rings (SSSR count). The molecule has 2 heterocycles. The normalized spacial score (nSPS) is 16.1. The lowest BCUT2D eigenvalue weighted by molar-refractivity contribution is 0.189. The van der Waals surface area contributed by atoms with Gasteiger partial charge in [-0.25, -0.2) is 9.78 Å². The maximum absolute atomic E-state index is 12.4. The fraction of sp³-hybridized carbons (Fsp3) is 0.500. The number of aromatic nitrogens is 1. The summed E-state index contributed by atoms with van der Waals surface area (Å²) < 4.78 is 5.96. The molecule has 1 aromatic heterocycles. The molecule has 5 nitrogen and oxygen atoms in total. The first-order valence-corrected chi connectivity index (χ1v) is 8.92. The van der Waals surface area contributed by atoms with E-state index in [2.05, 4.69) is 31.1 Å². The Morgan fingerprint density at radius 3 is 2.40 bits per heavy atom. The second-order valence-electron chi connectivity index (χ2n) is 7.87. The topological polar surface area (TPSA) is 58.4 Å². The zero-order valence-corrected chi connectivity index (χ0v) is 15.5. The number of carbonyl (C=O) groups excluding carboxylic acids is 1. The summed E-state index contributed by atoms with van der Waals surface area (Å²) in [6, 6.07) is 7.82. The van der Waals surface area contributed by atoms with Crippen molar-refractivity contribution in [1.29, 1.82) is 0 Å². The van der Waals surface area contributed by atoms with E-state index in [4.69, 9.17) is 4.42 Å². The van der Waals surface area contributed by atoms with Crippen molar-refractivity contribution >= 4 is 11.7 Å². The maximum Gasteiger partial charge on any atom is 0.321 e. The first-order valence-electron chi connectivity index (χ1n) is 8.92. The first kappa shape index (κ1) is 17.5. The molecule has 1 N–H and O–H groups in total. The average Bonchev–Trinajstić information content (AvgIpc) is 3.07. The largest absolute Gasteiger partial charge is 0.445 e. The molecular weight excluding hydrogens is 314 g/mol. The van der Waals surface area contributed by atoms with E-state index >= 15 is 0 Å². The minimum Gasteiger partial charge on any atom is -0.445 e. The van der Waals surface area contributed by atoms with E-state index in [-0.39, 0.29) is 11.4 Å². The van der Waals surface area contributed by atoms with Crippen LogP contribution in [0.5, 0.6) is 0 Å². The molecule has 0 spiro atoms. The van der Waals surface area contributed by atoms with Gasteiger partial charge in [-0.05, 0) is 31.9 Å². The number of urea groups is 1. The number of aryl methyl sites for hydroxylation is 1. The summed E-state index contributed by atoms with van der Waals surface area (Å²) in [4.78, 5) is 18.7. The van der Waals surface area contributed by atoms with Crippen LogP contribution in [-0.4, -0.2) is 29.0 Å². The van der Waals surface area contributed by atoms with E-state index in [1.807, 2.05) is 42.3 Å². The van der Waals surface area contributed by atoms with Gasteiger partial charge in [-0.2, -0.15) is 0 Å². The third-order valence-electron chi connectivity index (χ3n) is 4.70. The highest BCUT2D eigenvalue weighted by molar-refractivity contribution is 5.89. The lowest BCUT2D eigenvalue weighted by atomic mass is 9.94. The van der Waals surface area contributed by atoms with E-state index < -0.39 is 0 Å². The zero-order chi connectivity index (χ0) is 18.0. The van der Waals surface area contributed by atoms with Gasteiger partial charge in [0.15, 0.2) is 5.89 Å². The zero-order valence-electron chi connectivity index (χ0n) is 15.5. The first-order chi connectivity index (χ1) is 11.8. The molecule has 5 heteroatoms. The smallest absolute Gasteiger partial charge is 0.321 e. The molecule has 0 unspecified atom stereocenters. The molecule has 0 radical (unpaired) electrons. The van der Waals surface area contributed by atoms with Gasteiger partial charge in [-0.15, -0.1) is 0 Å². The molecule has 0 saturated carbocycles. The predicted octanol–water partition coefficient (Wildman–Crippen LogP) is 4.69. The number of piperidine rings is 1. The summed E-state index contributed by atoms with van der Waals surface area (Å²) in [5, 5.41) is 2.97. The van der Waals surface area contributed by atoms with Gasteiger partial charge in [-0.1, -0.05) is 38.5 Å². The van der Waals surface area contributed by atoms with Gasteiger partial charge < -0.3 is 14.6 Å². The van der Waals surface area contributed by atoms with Crippen LogP contribution in [0.1, 0.15) is 56.7 Å². The van der Waals surface area contributed by atoms with Crippen LogP contribution < -0.4 is 5.32 Å². The van der Waals surface area contributed by atoms with Gasteiger partial charge in [0, 0.05) is 30.1 Å². The van der Waals surface area contributed by atoms with Gasteiger partial charge >= 0.3 is 6.03 Å². The number of amides is 2. The van der Waals surface area contributed by atoms with Crippen molar-refractivity contribution < 1.29 is 9.21 Å². The van der Waals surface area contributed by atoms with Crippen LogP contribution in [0.15, 0.2) is 34.9 Å². The van der Waals surface area contributed by atoms with Crippen molar-refractivity contribution in [3.05, 3.63) is 47.7 Å². The van der Waals surface area contributed by atoms with Gasteiger partial charge in [0.05, 0.1) is 6.20 Å². The van der Waals surface area contributed by atoms with Gasteiger partial charge in [-0.3, -0.25) is 0 Å². The third kappa shape index (κ3) is 4.21. The number of anilines is 1. The minimum atomic E-state index is -0.0370. The fourth-order valence-electron chi connectivity index (χ4n) is 2.99. The Bertz CT molecular complexity index is 720. The summed E-state index contributed by atoms with van der Waals surface area (Å²) in [6.45, 7) is 9.83. The van der Waals surface area contributed by atoms with Crippen LogP contribution in [0.3, 0.4) is 0 Å². The monoisotopic (exact) mass is 341 g/mol. The Kier molecular flexibility index (Phi) is 4.84. The maximum atomic E-state index is 12.4. The Morgan fingerprint density at radius 1 is 1.20 bits per heavy atom. The van der Waals surface area contributed by atoms with E-state index in [9.17, 15) is 4.79 Å². The number of carbonyl (C=O) groups is 1. The van der Waals surface area contributed by atoms with E-state index in [1.54, 1.807) is 0 Å². The molecule has 2 aromatic rings. The minimum absolute atomic E-state index is 0.0279. The Balaban J connectivity index is 1.55. The molecule has 0 aliphatic carbocycles. The molecule has 0 atom stereocenters. The van der Waals surface area contributed by atoms with Crippen molar-refractivity contribution in [1.82, 2.24) is 9.88 Å². The standard InChI is InChI=1S/C20H27N3O2/c1-14-5-7-16(8-6-14)22-19(24)23-11-9-15(10-12-23)18-21-13-17(25-18)20(2,3)4/h5-8,13,15H,9-12H2,1-4H3,(H,22,24). The fourth-order valence-corrected chi connectivity index (χ4v) is 2.99. The van der Waals surface area contributed by atoms with Crippen molar-refractivity contribution in [2.45, 2.75) is 51.9 Å². The molecular formula is C20H27N3O2. The number of hydrogen-bond acceptors (Lipinski definition) is 3. The Hall–Kier alpha value is -2.30. The van der Waals surface area contributed by atoms with Crippen LogP contribution >= 0.6 is 0 Å². The molecule has 1 saturated heterocycles. The predicted molar refractivity (Wildman–Crippen MR) is 98.9 cm³/mol. The van der Waals surface area contributed by atoms with Crippen LogP contribution in [0.4, 0.5) is 10.5 Å². The summed E-state index contributed by atoms with van der Waals surface area (Å²) >= 11 is 0. The highest BCUT2D eigenvalue weighted by Crippen LogP contribution is 2.31. The Morgan fingerprint density at radius 2 is 1.84 bits per heavy atom. The second-order valence-corrected chi connectivity index (χ2v) is 7.87.